The second kappa shape index (κ2) is 3.73. The lowest BCUT2D eigenvalue weighted by molar-refractivity contribution is 0.0996. The number of thiazole rings is 1. The topological polar surface area (TPSA) is 56.0 Å². The highest BCUT2D eigenvalue weighted by Gasteiger charge is 2.04. The molecule has 0 aliphatic rings. The molecule has 60 valence electrons. The molecule has 3 nitrogen and oxygen atoms in total. The van der Waals surface area contributed by atoms with Crippen molar-refractivity contribution in [3.8, 4) is 0 Å². The quantitative estimate of drug-likeness (QED) is 0.686. The van der Waals surface area contributed by atoms with Crippen molar-refractivity contribution < 1.29 is 4.79 Å². The summed E-state index contributed by atoms with van der Waals surface area (Å²) in [5.41, 5.74) is 5.36. The van der Waals surface area contributed by atoms with Gasteiger partial charge in [0.1, 0.15) is 5.69 Å². The van der Waals surface area contributed by atoms with E-state index in [0.29, 0.717) is 5.69 Å². The Labute approximate surface area is 74.0 Å². The molecule has 0 aliphatic carbocycles. The third-order valence-corrected chi connectivity index (χ3v) is 2.26. The normalized spacial score (nSPS) is 9.91. The lowest BCUT2D eigenvalue weighted by Crippen LogP contribution is -2.11. The molecular formula is C6H8N2OS2. The van der Waals surface area contributed by atoms with Crippen LogP contribution in [0.4, 0.5) is 0 Å². The van der Waals surface area contributed by atoms with Gasteiger partial charge in [0, 0.05) is 11.8 Å². The largest absolute Gasteiger partial charge is 0.364 e. The van der Waals surface area contributed by atoms with Crippen LogP contribution in [0.15, 0.2) is 5.38 Å². The van der Waals surface area contributed by atoms with E-state index in [1.807, 2.05) is 0 Å². The van der Waals surface area contributed by atoms with Crippen LogP contribution in [-0.2, 0) is 6.42 Å². The fraction of sp³-hybridized carbons (Fsp3) is 0.333. The van der Waals surface area contributed by atoms with E-state index < -0.39 is 5.91 Å². The molecule has 0 bridgehead atoms. The van der Waals surface area contributed by atoms with Crippen LogP contribution in [0.2, 0.25) is 0 Å². The Morgan fingerprint density at radius 1 is 1.82 bits per heavy atom. The Morgan fingerprint density at radius 2 is 2.55 bits per heavy atom. The van der Waals surface area contributed by atoms with Crippen LogP contribution >= 0.6 is 24.0 Å². The first-order valence-electron chi connectivity index (χ1n) is 3.09. The lowest BCUT2D eigenvalue weighted by Gasteiger charge is -1.86. The zero-order valence-electron chi connectivity index (χ0n) is 5.78. The molecule has 0 saturated heterocycles. The summed E-state index contributed by atoms with van der Waals surface area (Å²) in [6.07, 6.45) is 0.793. The van der Waals surface area contributed by atoms with Gasteiger partial charge in [-0.05, 0) is 5.75 Å². The zero-order valence-corrected chi connectivity index (χ0v) is 7.49. The van der Waals surface area contributed by atoms with Gasteiger partial charge in [-0.1, -0.05) is 0 Å². The Hall–Kier alpha value is -0.550. The van der Waals surface area contributed by atoms with Gasteiger partial charge in [-0.3, -0.25) is 4.79 Å². The molecule has 0 saturated carbocycles. The van der Waals surface area contributed by atoms with E-state index >= 15 is 0 Å². The highest BCUT2D eigenvalue weighted by atomic mass is 32.1. The van der Waals surface area contributed by atoms with Crippen LogP contribution in [0, 0.1) is 0 Å². The molecule has 0 atom stereocenters. The summed E-state index contributed by atoms with van der Waals surface area (Å²) in [6.45, 7) is 0. The molecule has 1 aromatic heterocycles. The third kappa shape index (κ3) is 2.20. The number of nitrogens with two attached hydrogens (primary N) is 1. The first-order valence-corrected chi connectivity index (χ1v) is 4.60. The second-order valence-electron chi connectivity index (χ2n) is 1.96. The van der Waals surface area contributed by atoms with Gasteiger partial charge < -0.3 is 5.73 Å². The smallest absolute Gasteiger partial charge is 0.268 e. The van der Waals surface area contributed by atoms with Crippen molar-refractivity contribution in [1.82, 2.24) is 4.98 Å². The Kier molecular flexibility index (Phi) is 2.90. The molecule has 11 heavy (non-hydrogen) atoms. The predicted octanol–water partition coefficient (Wildman–Crippen LogP) is 0.714. The molecule has 0 radical (unpaired) electrons. The Balaban J connectivity index is 2.73. The molecule has 1 amide bonds. The molecule has 1 heterocycles. The van der Waals surface area contributed by atoms with E-state index in [4.69, 9.17) is 5.73 Å². The van der Waals surface area contributed by atoms with Crippen LogP contribution in [0.3, 0.4) is 0 Å². The maximum atomic E-state index is 10.6. The summed E-state index contributed by atoms with van der Waals surface area (Å²) in [5.74, 6) is 0.276. The fourth-order valence-electron chi connectivity index (χ4n) is 0.635. The number of carbonyl (C=O) groups is 1. The number of hydrogen-bond donors (Lipinski definition) is 2. The molecule has 0 unspecified atom stereocenters. The van der Waals surface area contributed by atoms with Crippen molar-refractivity contribution in [2.75, 3.05) is 5.75 Å². The number of nitrogens with zero attached hydrogens (tertiary/aromatic N) is 1. The zero-order chi connectivity index (χ0) is 8.27. The number of aryl methyl sites for hydroxylation is 1. The summed E-state index contributed by atoms with van der Waals surface area (Å²) in [7, 11) is 0. The average molecular weight is 188 g/mol. The van der Waals surface area contributed by atoms with Crippen LogP contribution in [0.1, 0.15) is 15.5 Å². The van der Waals surface area contributed by atoms with Crippen LogP contribution in [0.25, 0.3) is 0 Å². The number of hydrogen-bond acceptors (Lipinski definition) is 4. The van der Waals surface area contributed by atoms with Crippen molar-refractivity contribution in [2.24, 2.45) is 5.73 Å². The summed E-state index contributed by atoms with van der Waals surface area (Å²) >= 11 is 5.49. The van der Waals surface area contributed by atoms with E-state index in [1.54, 1.807) is 5.38 Å². The number of amides is 1. The first kappa shape index (κ1) is 8.55. The van der Waals surface area contributed by atoms with Gasteiger partial charge in [0.15, 0.2) is 0 Å². The van der Waals surface area contributed by atoms with Gasteiger partial charge in [-0.2, -0.15) is 12.6 Å². The van der Waals surface area contributed by atoms with Crippen molar-refractivity contribution in [1.29, 1.82) is 0 Å². The molecular weight excluding hydrogens is 180 g/mol. The van der Waals surface area contributed by atoms with Crippen molar-refractivity contribution in [3.63, 3.8) is 0 Å². The number of rotatable bonds is 3. The third-order valence-electron chi connectivity index (χ3n) is 1.13. The number of primary amides is 1. The van der Waals surface area contributed by atoms with E-state index in [-0.39, 0.29) is 0 Å². The van der Waals surface area contributed by atoms with Crippen molar-refractivity contribution >= 4 is 29.9 Å². The van der Waals surface area contributed by atoms with Crippen LogP contribution in [-0.4, -0.2) is 16.6 Å². The van der Waals surface area contributed by atoms with Gasteiger partial charge in [-0.25, -0.2) is 4.98 Å². The summed E-state index contributed by atoms with van der Waals surface area (Å²) in [5, 5.41) is 2.58. The number of thiol groups is 1. The van der Waals surface area contributed by atoms with Gasteiger partial charge in [0.05, 0.1) is 5.01 Å². The Bertz CT molecular complexity index is 259. The van der Waals surface area contributed by atoms with Crippen LogP contribution < -0.4 is 5.73 Å². The highest BCUT2D eigenvalue weighted by Crippen LogP contribution is 2.09. The molecule has 5 heteroatoms. The van der Waals surface area contributed by atoms with Gasteiger partial charge in [0.25, 0.3) is 5.91 Å². The summed E-state index contributed by atoms with van der Waals surface area (Å²) < 4.78 is 0. The molecule has 0 aliphatic heterocycles. The summed E-state index contributed by atoms with van der Waals surface area (Å²) in [4.78, 5) is 14.6. The van der Waals surface area contributed by atoms with E-state index in [0.717, 1.165) is 17.2 Å². The number of aromatic nitrogens is 1. The monoisotopic (exact) mass is 188 g/mol. The maximum Gasteiger partial charge on any atom is 0.268 e. The fourth-order valence-corrected chi connectivity index (χ4v) is 1.79. The van der Waals surface area contributed by atoms with Crippen LogP contribution in [0.5, 0.6) is 0 Å². The van der Waals surface area contributed by atoms with E-state index in [1.165, 1.54) is 11.3 Å². The minimum Gasteiger partial charge on any atom is -0.364 e. The molecule has 0 spiro atoms. The van der Waals surface area contributed by atoms with Crippen molar-refractivity contribution in [2.45, 2.75) is 6.42 Å². The minimum atomic E-state index is -0.466. The predicted molar refractivity (Wildman–Crippen MR) is 48.2 cm³/mol. The maximum absolute atomic E-state index is 10.6. The molecule has 0 aromatic carbocycles. The molecule has 1 aromatic rings. The molecule has 1 rings (SSSR count). The lowest BCUT2D eigenvalue weighted by atomic mass is 10.4. The summed E-state index contributed by atoms with van der Waals surface area (Å²) in [6, 6.07) is 0. The minimum absolute atomic E-state index is 0.354. The van der Waals surface area contributed by atoms with E-state index in [2.05, 4.69) is 17.6 Å². The van der Waals surface area contributed by atoms with Gasteiger partial charge >= 0.3 is 0 Å². The molecule has 2 N–H and O–H groups in total. The highest BCUT2D eigenvalue weighted by molar-refractivity contribution is 7.80. The average Bonchev–Trinajstić information content (AvgIpc) is 2.37. The SMILES string of the molecule is NC(=O)c1csc(CCS)n1. The second-order valence-corrected chi connectivity index (χ2v) is 3.35. The number of carbonyl (C=O) groups excluding carboxylic acids is 1. The van der Waals surface area contributed by atoms with Gasteiger partial charge in [0.2, 0.25) is 0 Å². The van der Waals surface area contributed by atoms with E-state index in [9.17, 15) is 4.79 Å². The van der Waals surface area contributed by atoms with Crippen molar-refractivity contribution in [3.05, 3.63) is 16.1 Å². The van der Waals surface area contributed by atoms with Gasteiger partial charge in [-0.15, -0.1) is 11.3 Å². The standard InChI is InChI=1S/C6H8N2OS2/c7-6(9)4-3-11-5(8-4)1-2-10/h3,10H,1-2H2,(H2,7,9). The molecule has 0 fully saturated rings. The Morgan fingerprint density at radius 3 is 3.00 bits per heavy atom. The first-order chi connectivity index (χ1) is 5.24.